The average molecular weight is 474 g/mol. The number of aromatic nitrogens is 3. The Labute approximate surface area is 201 Å². The topological polar surface area (TPSA) is 94.4 Å². The number of benzene rings is 2. The van der Waals surface area contributed by atoms with Crippen molar-refractivity contribution in [3.63, 3.8) is 0 Å². The second-order valence-corrected chi connectivity index (χ2v) is 8.85. The summed E-state index contributed by atoms with van der Waals surface area (Å²) in [4.78, 5) is 29.8. The summed E-state index contributed by atoms with van der Waals surface area (Å²) in [5.41, 5.74) is 3.87. The Morgan fingerprint density at radius 1 is 0.886 bits per heavy atom. The smallest absolute Gasteiger partial charge is 0.353 e. The Kier molecular flexibility index (Phi) is 5.20. The van der Waals surface area contributed by atoms with Crippen LogP contribution in [0.25, 0.3) is 10.9 Å². The van der Waals surface area contributed by atoms with Gasteiger partial charge in [-0.2, -0.15) is 0 Å². The van der Waals surface area contributed by atoms with Gasteiger partial charge in [-0.25, -0.2) is 14.4 Å². The molecule has 1 saturated heterocycles. The van der Waals surface area contributed by atoms with E-state index in [1.807, 2.05) is 39.0 Å². The lowest BCUT2D eigenvalue weighted by molar-refractivity contribution is -0.383. The average Bonchev–Trinajstić information content (AvgIpc) is 3.26. The number of anilines is 3. The normalized spacial score (nSPS) is 16.0. The molecule has 1 N–H and O–H groups in total. The van der Waals surface area contributed by atoms with E-state index in [9.17, 15) is 14.5 Å². The maximum atomic E-state index is 14.2. The molecule has 0 amide bonds. The first-order valence-electron chi connectivity index (χ1n) is 11.7. The molecule has 0 bridgehead atoms. The predicted octanol–water partition coefficient (Wildman–Crippen LogP) is 3.89. The van der Waals surface area contributed by atoms with E-state index in [1.54, 1.807) is 12.1 Å². The van der Waals surface area contributed by atoms with Gasteiger partial charge in [-0.3, -0.25) is 10.1 Å². The highest BCUT2D eigenvalue weighted by atomic mass is 19.1. The van der Waals surface area contributed by atoms with Crippen LogP contribution in [0.2, 0.25) is 0 Å². The number of aromatic amines is 1. The Balaban J connectivity index is 1.27. The monoisotopic (exact) mass is 473 g/mol. The van der Waals surface area contributed by atoms with E-state index in [4.69, 9.17) is 0 Å². The minimum absolute atomic E-state index is 0.0774. The first-order valence-corrected chi connectivity index (χ1v) is 11.7. The van der Waals surface area contributed by atoms with Crippen molar-refractivity contribution in [1.29, 1.82) is 0 Å². The molecule has 4 heterocycles. The number of hydrogen-bond acceptors (Lipinski definition) is 7. The van der Waals surface area contributed by atoms with Gasteiger partial charge in [0.05, 0.1) is 17.2 Å². The van der Waals surface area contributed by atoms with Crippen molar-refractivity contribution in [2.45, 2.75) is 13.0 Å². The predicted molar refractivity (Wildman–Crippen MR) is 133 cm³/mol. The number of piperazine rings is 1. The van der Waals surface area contributed by atoms with Gasteiger partial charge < -0.3 is 19.7 Å². The van der Waals surface area contributed by atoms with Gasteiger partial charge in [0.15, 0.2) is 0 Å². The van der Waals surface area contributed by atoms with Crippen LogP contribution >= 0.6 is 0 Å². The number of nitrogens with zero attached hydrogens (tertiary/aromatic N) is 6. The number of hydrogen-bond donors (Lipinski definition) is 1. The summed E-state index contributed by atoms with van der Waals surface area (Å²) in [6.07, 6.45) is 2.18. The number of fused-ring (bicyclic) bond motifs is 3. The lowest BCUT2D eigenvalue weighted by Gasteiger charge is -2.37. The molecule has 0 aliphatic carbocycles. The molecule has 9 nitrogen and oxygen atoms in total. The van der Waals surface area contributed by atoms with Gasteiger partial charge in [-0.1, -0.05) is 30.3 Å². The van der Waals surface area contributed by atoms with Crippen molar-refractivity contribution >= 4 is 33.9 Å². The number of nitrogens with one attached hydrogen (secondary N) is 1. The van der Waals surface area contributed by atoms with Gasteiger partial charge >= 0.3 is 5.69 Å². The summed E-state index contributed by atoms with van der Waals surface area (Å²) < 4.78 is 14.2. The summed E-state index contributed by atoms with van der Waals surface area (Å²) in [6.45, 7) is 3.23. The summed E-state index contributed by atoms with van der Waals surface area (Å²) in [5, 5.41) is 13.5. The minimum atomic E-state index is -0.380. The molecule has 0 unspecified atom stereocenters. The highest BCUT2D eigenvalue weighted by molar-refractivity contribution is 5.85. The van der Waals surface area contributed by atoms with E-state index < -0.39 is 0 Å². The lowest BCUT2D eigenvalue weighted by Crippen LogP contribution is -2.47. The van der Waals surface area contributed by atoms with Crippen molar-refractivity contribution < 1.29 is 9.31 Å². The fourth-order valence-corrected chi connectivity index (χ4v) is 5.23. The van der Waals surface area contributed by atoms with E-state index in [0.717, 1.165) is 17.6 Å². The van der Waals surface area contributed by atoms with Gasteiger partial charge in [-0.15, -0.1) is 0 Å². The second-order valence-electron chi connectivity index (χ2n) is 8.85. The zero-order valence-electron chi connectivity index (χ0n) is 19.0. The highest BCUT2D eigenvalue weighted by Crippen LogP contribution is 2.38. The SMILES string of the molecule is O=[N+]([O-])c1c(N2CCN(c3ccccc3F)CC2)ncnc1N1CCc2c([nH]c3ccccc23)C1. The zero-order chi connectivity index (χ0) is 23.9. The van der Waals surface area contributed by atoms with Crippen LogP contribution in [0, 0.1) is 15.9 Å². The zero-order valence-corrected chi connectivity index (χ0v) is 19.0. The third kappa shape index (κ3) is 3.71. The Bertz CT molecular complexity index is 1410. The fraction of sp³-hybridized carbons (Fsp3) is 0.280. The molecule has 0 spiro atoms. The summed E-state index contributed by atoms with van der Waals surface area (Å²) in [7, 11) is 0. The number of halogens is 1. The van der Waals surface area contributed by atoms with Gasteiger partial charge in [-0.05, 0) is 30.2 Å². The minimum Gasteiger partial charge on any atom is -0.366 e. The Hall–Kier alpha value is -4.21. The number of rotatable bonds is 4. The standard InChI is InChI=1S/C25H24FN7O2/c26-19-6-2-4-8-22(19)30-11-13-31(14-12-30)24-23(33(34)35)25(28-16-27-24)32-10-9-18-17-5-1-3-7-20(17)29-21(18)15-32/h1-8,16,29H,9-15H2. The third-order valence-electron chi connectivity index (χ3n) is 6.92. The Morgan fingerprint density at radius 2 is 1.57 bits per heavy atom. The van der Waals surface area contributed by atoms with Crippen LogP contribution in [0.5, 0.6) is 0 Å². The summed E-state index contributed by atoms with van der Waals surface area (Å²) in [6, 6.07) is 14.8. The molecule has 0 radical (unpaired) electrons. The van der Waals surface area contributed by atoms with E-state index in [0.29, 0.717) is 56.6 Å². The number of nitro groups is 1. The molecule has 0 saturated carbocycles. The van der Waals surface area contributed by atoms with Crippen LogP contribution in [-0.4, -0.2) is 52.6 Å². The molecule has 2 aliphatic heterocycles. The van der Waals surface area contributed by atoms with Crippen molar-refractivity contribution in [1.82, 2.24) is 15.0 Å². The largest absolute Gasteiger partial charge is 0.366 e. The lowest BCUT2D eigenvalue weighted by atomic mass is 10.0. The molecule has 0 atom stereocenters. The highest BCUT2D eigenvalue weighted by Gasteiger charge is 2.33. The molecule has 6 rings (SSSR count). The first kappa shape index (κ1) is 21.3. The van der Waals surface area contributed by atoms with E-state index >= 15 is 0 Å². The molecule has 10 heteroatoms. The van der Waals surface area contributed by atoms with Crippen molar-refractivity contribution in [3.05, 3.63) is 82.0 Å². The van der Waals surface area contributed by atoms with E-state index in [2.05, 4.69) is 21.0 Å². The van der Waals surface area contributed by atoms with Gasteiger partial charge in [0.25, 0.3) is 0 Å². The van der Waals surface area contributed by atoms with Crippen molar-refractivity contribution in [2.24, 2.45) is 0 Å². The van der Waals surface area contributed by atoms with Crippen LogP contribution < -0.4 is 14.7 Å². The maximum Gasteiger partial charge on any atom is 0.353 e. The molecular formula is C25H24FN7O2. The number of H-pyrrole nitrogens is 1. The van der Waals surface area contributed by atoms with E-state index in [1.165, 1.54) is 23.3 Å². The first-order chi connectivity index (χ1) is 17.1. The van der Waals surface area contributed by atoms with Crippen LogP contribution in [0.3, 0.4) is 0 Å². The van der Waals surface area contributed by atoms with Crippen LogP contribution in [0.1, 0.15) is 11.3 Å². The van der Waals surface area contributed by atoms with Crippen LogP contribution in [-0.2, 0) is 13.0 Å². The van der Waals surface area contributed by atoms with Gasteiger partial charge in [0.2, 0.25) is 11.6 Å². The molecule has 35 heavy (non-hydrogen) atoms. The van der Waals surface area contributed by atoms with Gasteiger partial charge in [0.1, 0.15) is 12.1 Å². The van der Waals surface area contributed by atoms with Crippen molar-refractivity contribution in [2.75, 3.05) is 47.4 Å². The molecular weight excluding hydrogens is 449 g/mol. The second kappa shape index (κ2) is 8.53. The molecule has 4 aromatic rings. The summed E-state index contributed by atoms with van der Waals surface area (Å²) >= 11 is 0. The number of para-hydroxylation sites is 2. The van der Waals surface area contributed by atoms with Gasteiger partial charge in [0, 0.05) is 49.3 Å². The molecule has 2 aromatic heterocycles. The Morgan fingerprint density at radius 3 is 2.34 bits per heavy atom. The molecule has 1 fully saturated rings. The molecule has 2 aliphatic rings. The van der Waals surface area contributed by atoms with Crippen molar-refractivity contribution in [3.8, 4) is 0 Å². The maximum absolute atomic E-state index is 14.2. The van der Waals surface area contributed by atoms with E-state index in [-0.39, 0.29) is 16.4 Å². The molecule has 2 aromatic carbocycles. The van der Waals surface area contributed by atoms with Crippen LogP contribution in [0.4, 0.5) is 27.4 Å². The van der Waals surface area contributed by atoms with Crippen LogP contribution in [0.15, 0.2) is 54.9 Å². The molecule has 178 valence electrons. The quantitative estimate of drug-likeness (QED) is 0.355. The fourth-order valence-electron chi connectivity index (χ4n) is 5.23. The summed E-state index contributed by atoms with van der Waals surface area (Å²) in [5.74, 6) is 0.383. The third-order valence-corrected chi connectivity index (χ3v) is 6.92.